The van der Waals surface area contributed by atoms with Crippen LogP contribution in [0.15, 0.2) is 79.4 Å². The first-order valence-electron chi connectivity index (χ1n) is 12.8. The molecule has 2 heterocycles. The summed E-state index contributed by atoms with van der Waals surface area (Å²) in [5.41, 5.74) is -0.0406. The van der Waals surface area contributed by atoms with E-state index in [0.717, 1.165) is 12.1 Å². The van der Waals surface area contributed by atoms with Crippen molar-refractivity contribution in [1.29, 1.82) is 0 Å². The van der Waals surface area contributed by atoms with Gasteiger partial charge in [-0.25, -0.2) is 18.4 Å². The molecule has 3 aromatic carbocycles. The van der Waals surface area contributed by atoms with Gasteiger partial charge in [0.15, 0.2) is 6.29 Å². The number of hydrogen-bond acceptors (Lipinski definition) is 7. The number of anilines is 1. The third kappa shape index (κ3) is 6.94. The number of carbonyl (C=O) groups is 1. The van der Waals surface area contributed by atoms with Crippen molar-refractivity contribution in [3.8, 4) is 0 Å². The molecule has 0 unspecified atom stereocenters. The molecular formula is C29H27ClF2N4O4S. The topological polar surface area (TPSA) is 98.5 Å². The van der Waals surface area contributed by atoms with Gasteiger partial charge in [0.05, 0.1) is 25.0 Å². The Hall–Kier alpha value is -3.35. The van der Waals surface area contributed by atoms with Gasteiger partial charge in [-0.2, -0.15) is 5.10 Å². The number of ether oxygens (including phenoxy) is 2. The number of halogens is 3. The minimum atomic E-state index is -1.74. The Bertz CT molecular complexity index is 1490. The van der Waals surface area contributed by atoms with Gasteiger partial charge in [-0.05, 0) is 42.5 Å². The monoisotopic (exact) mass is 600 g/mol. The molecule has 1 fully saturated rings. The first kappa shape index (κ1) is 29.2. The van der Waals surface area contributed by atoms with Crippen molar-refractivity contribution in [3.63, 3.8) is 0 Å². The molecule has 1 saturated heterocycles. The Morgan fingerprint density at radius 1 is 1.17 bits per heavy atom. The van der Waals surface area contributed by atoms with Crippen molar-refractivity contribution < 1.29 is 28.2 Å². The Morgan fingerprint density at radius 3 is 2.61 bits per heavy atom. The standard InChI is InChI=1S/C29H27ClF2N4O4S/c1-18(29(38,15-36-17-33-16-34-36)25-10-7-22(31)12-26(25)32)41-24-13-39-28(40-14-24)20-4-2-3-19(11-20)27(37)35-23-8-5-21(30)6-9-23/h2-12,16-18,24,28,38H,13-15H2,1H3,(H,35,37)/t18-,24?,28?,29-/m1/s1. The van der Waals surface area contributed by atoms with Crippen LogP contribution in [0.25, 0.3) is 0 Å². The third-order valence-corrected chi connectivity index (χ3v) is 8.43. The first-order chi connectivity index (χ1) is 19.7. The number of nitrogens with one attached hydrogen (secondary N) is 1. The van der Waals surface area contributed by atoms with E-state index in [4.69, 9.17) is 21.1 Å². The highest BCUT2D eigenvalue weighted by Gasteiger charge is 2.41. The highest BCUT2D eigenvalue weighted by atomic mass is 35.5. The van der Waals surface area contributed by atoms with Crippen molar-refractivity contribution >= 4 is 35.0 Å². The van der Waals surface area contributed by atoms with E-state index in [2.05, 4.69) is 15.4 Å². The number of carbonyl (C=O) groups excluding carboxylic acids is 1. The highest BCUT2D eigenvalue weighted by Crippen LogP contribution is 2.39. The average Bonchev–Trinajstić information content (AvgIpc) is 3.47. The van der Waals surface area contributed by atoms with E-state index in [1.807, 2.05) is 6.07 Å². The summed E-state index contributed by atoms with van der Waals surface area (Å²) in [5.74, 6) is -1.87. The Labute approximate surface area is 244 Å². The summed E-state index contributed by atoms with van der Waals surface area (Å²) < 4.78 is 41.8. The minimum Gasteiger partial charge on any atom is -0.382 e. The molecule has 0 saturated carbocycles. The van der Waals surface area contributed by atoms with Crippen LogP contribution < -0.4 is 5.32 Å². The molecule has 0 aliphatic carbocycles. The van der Waals surface area contributed by atoms with E-state index in [1.54, 1.807) is 49.4 Å². The van der Waals surface area contributed by atoms with E-state index in [0.29, 0.717) is 21.8 Å². The van der Waals surface area contributed by atoms with E-state index in [9.17, 15) is 18.7 Å². The van der Waals surface area contributed by atoms with Gasteiger partial charge in [0.2, 0.25) is 0 Å². The van der Waals surface area contributed by atoms with Gasteiger partial charge >= 0.3 is 0 Å². The van der Waals surface area contributed by atoms with E-state index in [1.165, 1.54) is 35.2 Å². The predicted molar refractivity (Wildman–Crippen MR) is 152 cm³/mol. The van der Waals surface area contributed by atoms with Crippen molar-refractivity contribution in [3.05, 3.63) is 113 Å². The van der Waals surface area contributed by atoms with Gasteiger partial charge in [0, 0.05) is 38.7 Å². The van der Waals surface area contributed by atoms with Crippen molar-refractivity contribution in [2.24, 2.45) is 0 Å². The summed E-state index contributed by atoms with van der Waals surface area (Å²) in [4.78, 5) is 16.7. The van der Waals surface area contributed by atoms with Crippen molar-refractivity contribution in [1.82, 2.24) is 14.8 Å². The number of aromatic nitrogens is 3. The zero-order chi connectivity index (χ0) is 29.0. The number of hydrogen-bond donors (Lipinski definition) is 2. The van der Waals surface area contributed by atoms with Crippen molar-refractivity contribution in [2.45, 2.75) is 35.9 Å². The molecule has 0 bridgehead atoms. The summed E-state index contributed by atoms with van der Waals surface area (Å²) in [5, 5.41) is 18.5. The van der Waals surface area contributed by atoms with Crippen LogP contribution in [-0.4, -0.2) is 49.5 Å². The smallest absolute Gasteiger partial charge is 0.255 e. The number of thioether (sulfide) groups is 1. The lowest BCUT2D eigenvalue weighted by atomic mass is 9.90. The van der Waals surface area contributed by atoms with Crippen LogP contribution >= 0.6 is 23.4 Å². The van der Waals surface area contributed by atoms with Crippen LogP contribution in [0.1, 0.15) is 34.7 Å². The van der Waals surface area contributed by atoms with Gasteiger partial charge in [-0.15, -0.1) is 11.8 Å². The van der Waals surface area contributed by atoms with Gasteiger partial charge in [0.25, 0.3) is 5.91 Å². The number of nitrogens with zero attached hydrogens (tertiary/aromatic N) is 3. The maximum absolute atomic E-state index is 14.8. The largest absolute Gasteiger partial charge is 0.382 e. The zero-order valence-corrected chi connectivity index (χ0v) is 23.5. The van der Waals surface area contributed by atoms with E-state index < -0.39 is 28.8 Å². The maximum Gasteiger partial charge on any atom is 0.255 e. The van der Waals surface area contributed by atoms with Crippen LogP contribution in [0.5, 0.6) is 0 Å². The molecule has 41 heavy (non-hydrogen) atoms. The summed E-state index contributed by atoms with van der Waals surface area (Å²) in [6.07, 6.45) is 2.05. The molecule has 1 aromatic heterocycles. The second-order valence-electron chi connectivity index (χ2n) is 9.63. The Kier molecular flexibility index (Phi) is 9.00. The van der Waals surface area contributed by atoms with Gasteiger partial charge in [-0.3, -0.25) is 4.79 Å². The molecule has 5 rings (SSSR count). The summed E-state index contributed by atoms with van der Waals surface area (Å²) >= 11 is 7.28. The Morgan fingerprint density at radius 2 is 1.93 bits per heavy atom. The molecule has 2 atom stereocenters. The normalized spacial score (nSPS) is 19.3. The third-order valence-electron chi connectivity index (χ3n) is 6.73. The lowest BCUT2D eigenvalue weighted by Gasteiger charge is -2.37. The molecule has 4 aromatic rings. The zero-order valence-electron chi connectivity index (χ0n) is 21.9. The van der Waals surface area contributed by atoms with Gasteiger partial charge in [-0.1, -0.05) is 36.7 Å². The van der Waals surface area contributed by atoms with Crippen LogP contribution in [-0.2, 0) is 21.6 Å². The average molecular weight is 601 g/mol. The molecule has 1 aliphatic rings. The number of rotatable bonds is 9. The fourth-order valence-electron chi connectivity index (χ4n) is 4.56. The molecule has 12 heteroatoms. The number of amides is 1. The second-order valence-corrected chi connectivity index (χ2v) is 11.7. The fraction of sp³-hybridized carbons (Fsp3) is 0.276. The number of aliphatic hydroxyl groups is 1. The summed E-state index contributed by atoms with van der Waals surface area (Å²) in [6, 6.07) is 16.9. The van der Waals surface area contributed by atoms with Gasteiger partial charge in [0.1, 0.15) is 29.9 Å². The first-order valence-corrected chi connectivity index (χ1v) is 14.1. The molecule has 214 valence electrons. The highest BCUT2D eigenvalue weighted by molar-refractivity contribution is 8.00. The maximum atomic E-state index is 14.8. The predicted octanol–water partition coefficient (Wildman–Crippen LogP) is 5.59. The molecule has 8 nitrogen and oxygen atoms in total. The molecule has 0 radical (unpaired) electrons. The second kappa shape index (κ2) is 12.7. The van der Waals surface area contributed by atoms with Crippen LogP contribution in [0, 0.1) is 11.6 Å². The molecule has 2 N–H and O–H groups in total. The Balaban J connectivity index is 1.23. The summed E-state index contributed by atoms with van der Waals surface area (Å²) in [6.45, 7) is 2.24. The van der Waals surface area contributed by atoms with Gasteiger partial charge < -0.3 is 19.9 Å². The van der Waals surface area contributed by atoms with E-state index >= 15 is 0 Å². The lowest BCUT2D eigenvalue weighted by Crippen LogP contribution is -2.43. The van der Waals surface area contributed by atoms with Crippen molar-refractivity contribution in [2.75, 3.05) is 18.5 Å². The lowest BCUT2D eigenvalue weighted by molar-refractivity contribution is -0.180. The minimum absolute atomic E-state index is 0.0429. The molecular weight excluding hydrogens is 574 g/mol. The van der Waals surface area contributed by atoms with Crippen LogP contribution in [0.2, 0.25) is 5.02 Å². The SMILES string of the molecule is C[C@@H](SC1COC(c2cccc(C(=O)Nc3ccc(Cl)cc3)c2)OC1)[C@](O)(Cn1cncn1)c1ccc(F)cc1F. The summed E-state index contributed by atoms with van der Waals surface area (Å²) in [7, 11) is 0. The fourth-order valence-corrected chi connectivity index (χ4v) is 6.00. The van der Waals surface area contributed by atoms with Crippen LogP contribution in [0.4, 0.5) is 14.5 Å². The molecule has 1 amide bonds. The van der Waals surface area contributed by atoms with Crippen LogP contribution in [0.3, 0.4) is 0 Å². The molecule has 0 spiro atoms. The number of benzene rings is 3. The quantitative estimate of drug-likeness (QED) is 0.259. The van der Waals surface area contributed by atoms with E-state index in [-0.39, 0.29) is 36.5 Å². The molecule has 1 aliphatic heterocycles.